The van der Waals surface area contributed by atoms with E-state index in [9.17, 15) is 14.4 Å². The van der Waals surface area contributed by atoms with Gasteiger partial charge in [-0.1, -0.05) is 12.1 Å². The zero-order valence-electron chi connectivity index (χ0n) is 20.9. The first-order valence-corrected chi connectivity index (χ1v) is 12.5. The van der Waals surface area contributed by atoms with Crippen molar-refractivity contribution in [2.24, 2.45) is 0 Å². The second-order valence-electron chi connectivity index (χ2n) is 8.77. The summed E-state index contributed by atoms with van der Waals surface area (Å²) in [5, 5.41) is 2.68. The van der Waals surface area contributed by atoms with E-state index in [4.69, 9.17) is 20.9 Å². The fraction of sp³-hybridized carbons (Fsp3) is 0.500. The lowest BCUT2D eigenvalue weighted by molar-refractivity contribution is -0.146. The molecule has 0 radical (unpaired) electrons. The van der Waals surface area contributed by atoms with Crippen LogP contribution >= 0.6 is 0 Å². The van der Waals surface area contributed by atoms with Gasteiger partial charge in [-0.25, -0.2) is 9.78 Å². The van der Waals surface area contributed by atoms with Gasteiger partial charge in [0.15, 0.2) is 0 Å². The van der Waals surface area contributed by atoms with Gasteiger partial charge in [-0.15, -0.1) is 0 Å². The maximum atomic E-state index is 12.7. The van der Waals surface area contributed by atoms with Gasteiger partial charge >= 0.3 is 11.9 Å². The molecule has 0 fully saturated rings. The van der Waals surface area contributed by atoms with Crippen molar-refractivity contribution < 1.29 is 23.9 Å². The Hall–Kier alpha value is -3.69. The van der Waals surface area contributed by atoms with E-state index in [0.717, 1.165) is 48.9 Å². The molecule has 0 aliphatic heterocycles. The summed E-state index contributed by atoms with van der Waals surface area (Å²) in [6.07, 6.45) is 4.75. The van der Waals surface area contributed by atoms with E-state index in [-0.39, 0.29) is 32.0 Å². The maximum absolute atomic E-state index is 12.7. The normalized spacial score (nSPS) is 15.1. The first kappa shape index (κ1) is 26.9. The van der Waals surface area contributed by atoms with E-state index < -0.39 is 23.9 Å². The van der Waals surface area contributed by atoms with Crippen molar-refractivity contribution in [3.05, 3.63) is 46.6 Å². The Kier molecular flexibility index (Phi) is 9.61. The number of aryl methyl sites for hydroxylation is 2. The van der Waals surface area contributed by atoms with E-state index in [1.165, 1.54) is 0 Å². The van der Waals surface area contributed by atoms with Gasteiger partial charge in [0.1, 0.15) is 11.9 Å². The Morgan fingerprint density at radius 1 is 1.08 bits per heavy atom. The number of aromatic nitrogens is 2. The van der Waals surface area contributed by atoms with Crippen molar-refractivity contribution in [2.45, 2.75) is 70.8 Å². The molecule has 1 aliphatic rings. The molecule has 0 spiro atoms. The van der Waals surface area contributed by atoms with E-state index in [2.05, 4.69) is 15.3 Å². The molecule has 36 heavy (non-hydrogen) atoms. The summed E-state index contributed by atoms with van der Waals surface area (Å²) in [6.45, 7) is 3.83. The number of ether oxygens (including phenoxy) is 2. The Morgan fingerprint density at radius 2 is 1.81 bits per heavy atom. The monoisotopic (exact) mass is 497 g/mol. The van der Waals surface area contributed by atoms with Gasteiger partial charge in [0.05, 0.1) is 18.9 Å². The van der Waals surface area contributed by atoms with Crippen LogP contribution < -0.4 is 16.8 Å². The van der Waals surface area contributed by atoms with Crippen LogP contribution in [0.2, 0.25) is 0 Å². The minimum atomic E-state index is -0.928. The average molecular weight is 498 g/mol. The minimum absolute atomic E-state index is 0.00711. The minimum Gasteiger partial charge on any atom is -0.466 e. The van der Waals surface area contributed by atoms with E-state index in [0.29, 0.717) is 17.3 Å². The van der Waals surface area contributed by atoms with Crippen LogP contribution in [-0.4, -0.2) is 47.1 Å². The molecule has 194 valence electrons. The Labute approximate surface area is 211 Å². The number of nitrogen functional groups attached to an aromatic ring is 2. The maximum Gasteiger partial charge on any atom is 0.328 e. The first-order chi connectivity index (χ1) is 17.3. The predicted molar refractivity (Wildman–Crippen MR) is 135 cm³/mol. The topological polar surface area (TPSA) is 160 Å². The van der Waals surface area contributed by atoms with Crippen LogP contribution in [0.5, 0.6) is 0 Å². The molecule has 10 heteroatoms. The fourth-order valence-corrected chi connectivity index (χ4v) is 4.54. The molecule has 1 aliphatic carbocycles. The summed E-state index contributed by atoms with van der Waals surface area (Å²) >= 11 is 0. The highest BCUT2D eigenvalue weighted by Crippen LogP contribution is 2.38. The molecular weight excluding hydrogens is 462 g/mol. The highest BCUT2D eigenvalue weighted by Gasteiger charge is 2.27. The Balaban J connectivity index is 1.52. The molecule has 10 nitrogen and oxygen atoms in total. The summed E-state index contributed by atoms with van der Waals surface area (Å²) in [6, 6.07) is 6.36. The van der Waals surface area contributed by atoms with Crippen LogP contribution in [0, 0.1) is 0 Å². The lowest BCUT2D eigenvalue weighted by Crippen LogP contribution is -2.42. The smallest absolute Gasteiger partial charge is 0.328 e. The van der Waals surface area contributed by atoms with Gasteiger partial charge in [-0.05, 0) is 76.0 Å². The van der Waals surface area contributed by atoms with Crippen molar-refractivity contribution in [1.29, 1.82) is 0 Å². The lowest BCUT2D eigenvalue weighted by atomic mass is 9.94. The van der Waals surface area contributed by atoms with Gasteiger partial charge in [-0.3, -0.25) is 9.59 Å². The molecule has 1 aromatic carbocycles. The molecule has 2 aromatic rings. The highest BCUT2D eigenvalue weighted by molar-refractivity contribution is 5.96. The van der Waals surface area contributed by atoms with Crippen molar-refractivity contribution in [2.75, 3.05) is 24.7 Å². The van der Waals surface area contributed by atoms with Crippen LogP contribution in [0.4, 0.5) is 11.8 Å². The number of anilines is 2. The van der Waals surface area contributed by atoms with E-state index in [1.54, 1.807) is 26.0 Å². The van der Waals surface area contributed by atoms with E-state index >= 15 is 0 Å². The molecule has 3 rings (SSSR count). The Morgan fingerprint density at radius 3 is 2.50 bits per heavy atom. The number of carbonyl (C=O) groups is 3. The number of hydrogen-bond donors (Lipinski definition) is 3. The standard InChI is InChI=1S/C26H35N5O5/c1-3-35-21(32)15-14-20(25(34)36-4-2)29-24(33)18-10-8-16(9-11-18)6-5-7-17-12-13-19-22(17)23(27)31-26(28)30-19/h8-11,17,20H,3-7,12-15H2,1-2H3,(H,29,33)(H4,27,28,30,31)/t17?,20-/m0/s1. The number of benzene rings is 1. The van der Waals surface area contributed by atoms with Crippen LogP contribution in [0.1, 0.15) is 79.0 Å². The number of nitrogens with two attached hydrogens (primary N) is 2. The predicted octanol–water partition coefficient (Wildman–Crippen LogP) is 2.70. The summed E-state index contributed by atoms with van der Waals surface area (Å²) in [5.41, 5.74) is 15.3. The third kappa shape index (κ3) is 7.16. The summed E-state index contributed by atoms with van der Waals surface area (Å²) in [4.78, 5) is 45.1. The van der Waals surface area contributed by atoms with Gasteiger partial charge < -0.3 is 26.3 Å². The van der Waals surface area contributed by atoms with Gasteiger partial charge in [0.2, 0.25) is 5.95 Å². The van der Waals surface area contributed by atoms with Gasteiger partial charge in [0.25, 0.3) is 5.91 Å². The highest BCUT2D eigenvalue weighted by atomic mass is 16.5. The number of esters is 2. The summed E-state index contributed by atoms with van der Waals surface area (Å²) in [5.74, 6) is -0.358. The quantitative estimate of drug-likeness (QED) is 0.375. The first-order valence-electron chi connectivity index (χ1n) is 12.5. The molecule has 0 bridgehead atoms. The molecule has 1 amide bonds. The van der Waals surface area contributed by atoms with E-state index in [1.807, 2.05) is 12.1 Å². The average Bonchev–Trinajstić information content (AvgIpc) is 3.25. The molecule has 1 unspecified atom stereocenters. The molecule has 1 heterocycles. The number of fused-ring (bicyclic) bond motifs is 1. The number of hydrogen-bond acceptors (Lipinski definition) is 9. The molecule has 2 atom stereocenters. The third-order valence-electron chi connectivity index (χ3n) is 6.26. The number of amides is 1. The molecule has 1 aromatic heterocycles. The lowest BCUT2D eigenvalue weighted by Gasteiger charge is -2.17. The largest absolute Gasteiger partial charge is 0.466 e. The SMILES string of the molecule is CCOC(=O)CC[C@H](NC(=O)c1ccc(CCCC2CCc3nc(N)nc(N)c32)cc1)C(=O)OCC. The zero-order valence-corrected chi connectivity index (χ0v) is 20.9. The second kappa shape index (κ2) is 12.9. The van der Waals surface area contributed by atoms with Crippen LogP contribution in [0.3, 0.4) is 0 Å². The second-order valence-corrected chi connectivity index (χ2v) is 8.77. The summed E-state index contributed by atoms with van der Waals surface area (Å²) < 4.78 is 9.95. The number of nitrogens with one attached hydrogen (secondary N) is 1. The van der Waals surface area contributed by atoms with Crippen molar-refractivity contribution in [3.8, 4) is 0 Å². The zero-order chi connectivity index (χ0) is 26.1. The van der Waals surface area contributed by atoms with Crippen molar-refractivity contribution in [3.63, 3.8) is 0 Å². The molecule has 0 saturated carbocycles. The van der Waals surface area contributed by atoms with Crippen LogP contribution in [-0.2, 0) is 31.9 Å². The van der Waals surface area contributed by atoms with Gasteiger partial charge in [0, 0.05) is 17.5 Å². The van der Waals surface area contributed by atoms with Crippen molar-refractivity contribution in [1.82, 2.24) is 15.3 Å². The summed E-state index contributed by atoms with van der Waals surface area (Å²) in [7, 11) is 0. The molecular formula is C26H35N5O5. The number of rotatable bonds is 12. The van der Waals surface area contributed by atoms with Gasteiger partial charge in [-0.2, -0.15) is 4.98 Å². The molecule has 5 N–H and O–H groups in total. The third-order valence-corrected chi connectivity index (χ3v) is 6.26. The van der Waals surface area contributed by atoms with Crippen LogP contribution in [0.25, 0.3) is 0 Å². The number of nitrogens with zero attached hydrogens (tertiary/aromatic N) is 2. The van der Waals surface area contributed by atoms with Crippen molar-refractivity contribution >= 4 is 29.6 Å². The van der Waals surface area contributed by atoms with Crippen LogP contribution in [0.15, 0.2) is 24.3 Å². The number of carbonyl (C=O) groups excluding carboxylic acids is 3. The fourth-order valence-electron chi connectivity index (χ4n) is 4.54. The molecule has 0 saturated heterocycles. The Bertz CT molecular complexity index is 1070.